The summed E-state index contributed by atoms with van der Waals surface area (Å²) < 4.78 is 5.14. The van der Waals surface area contributed by atoms with Crippen LogP contribution in [0, 0.1) is 0 Å². The van der Waals surface area contributed by atoms with E-state index >= 15 is 0 Å². The number of hydrogen-bond acceptors (Lipinski definition) is 4. The van der Waals surface area contributed by atoms with Crippen LogP contribution in [0.1, 0.15) is 38.3 Å². The van der Waals surface area contributed by atoms with Gasteiger partial charge in [-0.3, -0.25) is 4.79 Å². The normalized spacial score (nSPS) is 10.2. The van der Waals surface area contributed by atoms with Gasteiger partial charge in [-0.05, 0) is 29.7 Å². The Kier molecular flexibility index (Phi) is 5.68. The molecule has 0 saturated heterocycles. The van der Waals surface area contributed by atoms with E-state index in [1.165, 1.54) is 18.2 Å². The molecule has 0 amide bonds. The van der Waals surface area contributed by atoms with Crippen LogP contribution in [-0.4, -0.2) is 28.1 Å². The van der Waals surface area contributed by atoms with E-state index in [-0.39, 0.29) is 30.6 Å². The van der Waals surface area contributed by atoms with Crippen molar-refractivity contribution in [2.24, 2.45) is 0 Å². The third kappa shape index (κ3) is 4.67. The number of carbonyl (C=O) groups is 3. The van der Waals surface area contributed by atoms with E-state index in [9.17, 15) is 14.4 Å². The minimum Gasteiger partial charge on any atom is -0.478 e. The molecule has 0 radical (unpaired) electrons. The first kappa shape index (κ1) is 17.2. The van der Waals surface area contributed by atoms with E-state index in [4.69, 9.17) is 14.9 Å². The standard InChI is InChI=1S/C18H16O6/c19-16(24-11-13-4-2-1-3-5-13)9-7-12-6-8-14(17(20)21)15(10-12)18(22)23/h1-6,8,10H,7,9,11H2,(H,20,21)(H,22,23). The fraction of sp³-hybridized carbons (Fsp3) is 0.167. The SMILES string of the molecule is O=C(CCc1ccc(C(=O)O)c(C(=O)O)c1)OCc1ccccc1. The Hall–Kier alpha value is -3.15. The number of rotatable bonds is 7. The molecule has 0 aliphatic rings. The van der Waals surface area contributed by atoms with Gasteiger partial charge in [-0.15, -0.1) is 0 Å². The van der Waals surface area contributed by atoms with Crippen molar-refractivity contribution in [3.05, 3.63) is 70.8 Å². The van der Waals surface area contributed by atoms with E-state index < -0.39 is 17.9 Å². The lowest BCUT2D eigenvalue weighted by Gasteiger charge is -2.07. The van der Waals surface area contributed by atoms with Crippen LogP contribution < -0.4 is 0 Å². The van der Waals surface area contributed by atoms with Crippen molar-refractivity contribution in [2.45, 2.75) is 19.4 Å². The summed E-state index contributed by atoms with van der Waals surface area (Å²) in [4.78, 5) is 33.9. The van der Waals surface area contributed by atoms with Crippen molar-refractivity contribution in [3.63, 3.8) is 0 Å². The maximum atomic E-state index is 11.8. The van der Waals surface area contributed by atoms with Crippen molar-refractivity contribution >= 4 is 17.9 Å². The van der Waals surface area contributed by atoms with Gasteiger partial charge >= 0.3 is 17.9 Å². The summed E-state index contributed by atoms with van der Waals surface area (Å²) in [7, 11) is 0. The number of carbonyl (C=O) groups excluding carboxylic acids is 1. The number of ether oxygens (including phenoxy) is 1. The second-order valence-corrected chi connectivity index (χ2v) is 5.14. The molecule has 0 aliphatic carbocycles. The Balaban J connectivity index is 1.94. The molecule has 2 aromatic carbocycles. The molecule has 24 heavy (non-hydrogen) atoms. The van der Waals surface area contributed by atoms with Crippen LogP contribution in [0.5, 0.6) is 0 Å². The Labute approximate surface area is 138 Å². The number of aryl methyl sites for hydroxylation is 1. The highest BCUT2D eigenvalue weighted by Crippen LogP contribution is 2.14. The molecule has 0 saturated carbocycles. The van der Waals surface area contributed by atoms with Crippen molar-refractivity contribution in [2.75, 3.05) is 0 Å². The van der Waals surface area contributed by atoms with Gasteiger partial charge in [0.25, 0.3) is 0 Å². The zero-order chi connectivity index (χ0) is 17.5. The zero-order valence-electron chi connectivity index (χ0n) is 12.8. The molecule has 2 rings (SSSR count). The summed E-state index contributed by atoms with van der Waals surface area (Å²) in [6.07, 6.45) is 0.353. The molecule has 0 atom stereocenters. The molecular weight excluding hydrogens is 312 g/mol. The van der Waals surface area contributed by atoms with E-state index in [2.05, 4.69) is 0 Å². The van der Waals surface area contributed by atoms with E-state index in [0.29, 0.717) is 5.56 Å². The number of benzene rings is 2. The predicted octanol–water partition coefficient (Wildman–Crippen LogP) is 2.76. The molecule has 0 unspecified atom stereocenters. The highest BCUT2D eigenvalue weighted by atomic mass is 16.5. The number of esters is 1. The van der Waals surface area contributed by atoms with Crippen molar-refractivity contribution in [3.8, 4) is 0 Å². The molecule has 2 N–H and O–H groups in total. The molecule has 0 fully saturated rings. The van der Waals surface area contributed by atoms with Crippen LogP contribution in [0.2, 0.25) is 0 Å². The molecule has 6 heteroatoms. The number of aromatic carboxylic acids is 2. The predicted molar refractivity (Wildman–Crippen MR) is 84.9 cm³/mol. The van der Waals surface area contributed by atoms with Gasteiger partial charge < -0.3 is 14.9 Å². The van der Waals surface area contributed by atoms with Gasteiger partial charge in [-0.2, -0.15) is 0 Å². The summed E-state index contributed by atoms with van der Waals surface area (Å²) in [6.45, 7) is 0.179. The fourth-order valence-electron chi connectivity index (χ4n) is 2.17. The van der Waals surface area contributed by atoms with Crippen LogP contribution in [-0.2, 0) is 22.6 Å². The second-order valence-electron chi connectivity index (χ2n) is 5.14. The smallest absolute Gasteiger partial charge is 0.336 e. The van der Waals surface area contributed by atoms with Crippen molar-refractivity contribution in [1.82, 2.24) is 0 Å². The second kappa shape index (κ2) is 7.92. The average molecular weight is 328 g/mol. The van der Waals surface area contributed by atoms with Gasteiger partial charge in [0.2, 0.25) is 0 Å². The number of hydrogen-bond donors (Lipinski definition) is 2. The van der Waals surface area contributed by atoms with Crippen LogP contribution in [0.25, 0.3) is 0 Å². The van der Waals surface area contributed by atoms with Crippen molar-refractivity contribution in [1.29, 1.82) is 0 Å². The first-order valence-corrected chi connectivity index (χ1v) is 7.26. The van der Waals surface area contributed by atoms with Gasteiger partial charge in [0.15, 0.2) is 0 Å². The highest BCUT2D eigenvalue weighted by Gasteiger charge is 2.16. The van der Waals surface area contributed by atoms with Gasteiger partial charge in [0.1, 0.15) is 6.61 Å². The monoisotopic (exact) mass is 328 g/mol. The number of carboxylic acids is 2. The zero-order valence-corrected chi connectivity index (χ0v) is 12.8. The molecule has 0 bridgehead atoms. The van der Waals surface area contributed by atoms with Gasteiger partial charge in [0, 0.05) is 6.42 Å². The summed E-state index contributed by atoms with van der Waals surface area (Å²) in [6, 6.07) is 13.3. The Morgan fingerprint density at radius 1 is 0.833 bits per heavy atom. The lowest BCUT2D eigenvalue weighted by atomic mass is 10.0. The highest BCUT2D eigenvalue weighted by molar-refractivity contribution is 6.01. The Morgan fingerprint density at radius 3 is 2.12 bits per heavy atom. The van der Waals surface area contributed by atoms with Gasteiger partial charge in [-0.25, -0.2) is 9.59 Å². The fourth-order valence-corrected chi connectivity index (χ4v) is 2.17. The third-order valence-corrected chi connectivity index (χ3v) is 3.41. The Morgan fingerprint density at radius 2 is 1.50 bits per heavy atom. The summed E-state index contributed by atoms with van der Waals surface area (Å²) in [5, 5.41) is 18.0. The van der Waals surface area contributed by atoms with Crippen LogP contribution in [0.4, 0.5) is 0 Å². The summed E-state index contributed by atoms with van der Waals surface area (Å²) in [5.41, 5.74) is 0.870. The maximum Gasteiger partial charge on any atom is 0.336 e. The number of carboxylic acid groups (broad SMARTS) is 2. The van der Waals surface area contributed by atoms with Crippen LogP contribution in [0.3, 0.4) is 0 Å². The first-order valence-electron chi connectivity index (χ1n) is 7.26. The molecule has 0 aromatic heterocycles. The van der Waals surface area contributed by atoms with E-state index in [1.807, 2.05) is 30.3 Å². The molecule has 0 spiro atoms. The van der Waals surface area contributed by atoms with E-state index in [0.717, 1.165) is 5.56 Å². The molecule has 124 valence electrons. The molecule has 6 nitrogen and oxygen atoms in total. The van der Waals surface area contributed by atoms with Crippen molar-refractivity contribution < 1.29 is 29.3 Å². The third-order valence-electron chi connectivity index (χ3n) is 3.41. The first-order chi connectivity index (χ1) is 11.5. The summed E-state index contributed by atoms with van der Waals surface area (Å²) >= 11 is 0. The molecule has 0 heterocycles. The average Bonchev–Trinajstić information content (AvgIpc) is 2.58. The molecular formula is C18H16O6. The van der Waals surface area contributed by atoms with E-state index in [1.54, 1.807) is 0 Å². The van der Waals surface area contributed by atoms with Crippen LogP contribution >= 0.6 is 0 Å². The van der Waals surface area contributed by atoms with Gasteiger partial charge in [-0.1, -0.05) is 36.4 Å². The van der Waals surface area contributed by atoms with Crippen LogP contribution in [0.15, 0.2) is 48.5 Å². The topological polar surface area (TPSA) is 101 Å². The minimum atomic E-state index is -1.32. The lowest BCUT2D eigenvalue weighted by Crippen LogP contribution is -2.10. The quantitative estimate of drug-likeness (QED) is 0.758. The van der Waals surface area contributed by atoms with Gasteiger partial charge in [0.05, 0.1) is 11.1 Å². The molecule has 2 aromatic rings. The lowest BCUT2D eigenvalue weighted by molar-refractivity contribution is -0.144. The minimum absolute atomic E-state index is 0.0817. The Bertz CT molecular complexity index is 751. The molecule has 0 aliphatic heterocycles. The summed E-state index contributed by atoms with van der Waals surface area (Å²) in [5.74, 6) is -3.03. The maximum absolute atomic E-state index is 11.8. The largest absolute Gasteiger partial charge is 0.478 e.